The molecule has 62 valence electrons. The van der Waals surface area contributed by atoms with Crippen molar-refractivity contribution in [2.75, 3.05) is 0 Å². The van der Waals surface area contributed by atoms with Gasteiger partial charge in [-0.15, -0.1) is 5.73 Å². The van der Waals surface area contributed by atoms with Crippen molar-refractivity contribution in [2.24, 2.45) is 0 Å². The van der Waals surface area contributed by atoms with Crippen LogP contribution in [0.2, 0.25) is 0 Å². The van der Waals surface area contributed by atoms with Crippen LogP contribution in [0.4, 0.5) is 0 Å². The second-order valence-electron chi connectivity index (χ2n) is 2.80. The van der Waals surface area contributed by atoms with Gasteiger partial charge in [-0.2, -0.15) is 0 Å². The molecule has 0 nitrogen and oxygen atoms in total. The van der Waals surface area contributed by atoms with E-state index in [0.717, 1.165) is 12.8 Å². The van der Waals surface area contributed by atoms with Crippen LogP contribution in [0.3, 0.4) is 0 Å². The predicted molar refractivity (Wildman–Crippen MR) is 53.1 cm³/mol. The number of benzene rings is 1. The van der Waals surface area contributed by atoms with Crippen molar-refractivity contribution in [3.05, 3.63) is 53.8 Å². The Hall–Kier alpha value is -1.26. The van der Waals surface area contributed by atoms with Gasteiger partial charge in [-0.1, -0.05) is 43.8 Å². The summed E-state index contributed by atoms with van der Waals surface area (Å²) in [4.78, 5) is 0. The third-order valence-corrected chi connectivity index (χ3v) is 1.94. The maximum atomic E-state index is 3.67. The maximum absolute atomic E-state index is 3.67. The van der Waals surface area contributed by atoms with E-state index in [4.69, 9.17) is 0 Å². The van der Waals surface area contributed by atoms with Crippen LogP contribution >= 0.6 is 0 Å². The monoisotopic (exact) mass is 158 g/mol. The van der Waals surface area contributed by atoms with Gasteiger partial charge in [0.1, 0.15) is 0 Å². The van der Waals surface area contributed by atoms with Gasteiger partial charge in [-0.3, -0.25) is 0 Å². The summed E-state index contributed by atoms with van der Waals surface area (Å²) < 4.78 is 0. The first-order chi connectivity index (χ1) is 5.86. The van der Waals surface area contributed by atoms with Crippen molar-refractivity contribution in [3.63, 3.8) is 0 Å². The third kappa shape index (κ3) is 2.41. The average molecular weight is 158 g/mol. The largest absolute Gasteiger partial charge is 0.129 e. The van der Waals surface area contributed by atoms with Gasteiger partial charge in [0.2, 0.25) is 0 Å². The zero-order valence-electron chi connectivity index (χ0n) is 7.51. The Balaban J connectivity index is 2.70. The highest BCUT2D eigenvalue weighted by molar-refractivity contribution is 5.20. The maximum Gasteiger partial charge on any atom is 0.000882 e. The summed E-state index contributed by atoms with van der Waals surface area (Å²) in [7, 11) is 0. The summed E-state index contributed by atoms with van der Waals surface area (Å²) in [5, 5.41) is 0. The molecule has 0 unspecified atom stereocenters. The first-order valence-electron chi connectivity index (χ1n) is 4.28. The number of hydrogen-bond acceptors (Lipinski definition) is 0. The summed E-state index contributed by atoms with van der Waals surface area (Å²) in [6, 6.07) is 10.4. The molecule has 0 aliphatic heterocycles. The van der Waals surface area contributed by atoms with Crippen molar-refractivity contribution in [2.45, 2.75) is 19.8 Å². The van der Waals surface area contributed by atoms with E-state index >= 15 is 0 Å². The first kappa shape index (κ1) is 8.83. The summed E-state index contributed by atoms with van der Waals surface area (Å²) in [6.45, 7) is 5.80. The normalized spacial score (nSPS) is 9.08. The van der Waals surface area contributed by atoms with E-state index < -0.39 is 0 Å². The second kappa shape index (κ2) is 4.58. The van der Waals surface area contributed by atoms with Crippen LogP contribution in [0.5, 0.6) is 0 Å². The Morgan fingerprint density at radius 1 is 1.33 bits per heavy atom. The number of hydrogen-bond donors (Lipinski definition) is 0. The number of allylic oxidation sites excluding steroid dienone is 1. The van der Waals surface area contributed by atoms with Crippen LogP contribution in [-0.2, 0) is 6.42 Å². The molecule has 0 amide bonds. The average Bonchev–Trinajstić information content (AvgIpc) is 2.16. The Morgan fingerprint density at radius 3 is 2.50 bits per heavy atom. The van der Waals surface area contributed by atoms with E-state index in [-0.39, 0.29) is 0 Å². The number of rotatable bonds is 3. The molecule has 0 radical (unpaired) electrons. The molecule has 0 N–H and O–H groups in total. The molecule has 1 aromatic rings. The summed E-state index contributed by atoms with van der Waals surface area (Å²) >= 11 is 0. The van der Waals surface area contributed by atoms with E-state index in [0.29, 0.717) is 0 Å². The second-order valence-corrected chi connectivity index (χ2v) is 2.80. The molecule has 0 saturated heterocycles. The molecule has 0 atom stereocenters. The minimum Gasteiger partial charge on any atom is -0.129 e. The minimum atomic E-state index is 0.987. The van der Waals surface area contributed by atoms with Gasteiger partial charge < -0.3 is 0 Å². The Morgan fingerprint density at radius 2 is 2.00 bits per heavy atom. The van der Waals surface area contributed by atoms with Gasteiger partial charge in [0, 0.05) is 6.42 Å². The van der Waals surface area contributed by atoms with E-state index in [2.05, 4.69) is 43.5 Å². The molecular weight excluding hydrogens is 144 g/mol. The molecule has 0 aromatic heterocycles. The van der Waals surface area contributed by atoms with Gasteiger partial charge in [-0.05, 0) is 17.6 Å². The topological polar surface area (TPSA) is 0 Å². The quantitative estimate of drug-likeness (QED) is 0.592. The molecular formula is C12H14. The van der Waals surface area contributed by atoms with Crippen molar-refractivity contribution in [1.82, 2.24) is 0 Å². The highest BCUT2D eigenvalue weighted by atomic mass is 14.0. The predicted octanol–water partition coefficient (Wildman–Crippen LogP) is 3.35. The fourth-order valence-corrected chi connectivity index (χ4v) is 1.15. The molecule has 1 aromatic carbocycles. The third-order valence-electron chi connectivity index (χ3n) is 1.94. The van der Waals surface area contributed by atoms with Crippen molar-refractivity contribution in [3.8, 4) is 0 Å². The fourth-order valence-electron chi connectivity index (χ4n) is 1.15. The summed E-state index contributed by atoms with van der Waals surface area (Å²) in [5.41, 5.74) is 5.58. The molecule has 0 heterocycles. The lowest BCUT2D eigenvalue weighted by Crippen LogP contribution is -1.86. The highest BCUT2D eigenvalue weighted by Crippen LogP contribution is 2.08. The van der Waals surface area contributed by atoms with Crippen LogP contribution in [0.15, 0.2) is 48.2 Å². The first-order valence-corrected chi connectivity index (χ1v) is 4.28. The Kier molecular flexibility index (Phi) is 3.37. The molecule has 1 rings (SSSR count). The molecule has 0 saturated carbocycles. The molecule has 0 aliphatic rings. The molecule has 0 heteroatoms. The van der Waals surface area contributed by atoms with Crippen molar-refractivity contribution >= 4 is 0 Å². The van der Waals surface area contributed by atoms with Crippen LogP contribution in [0, 0.1) is 0 Å². The van der Waals surface area contributed by atoms with Gasteiger partial charge in [-0.25, -0.2) is 0 Å². The van der Waals surface area contributed by atoms with E-state index in [9.17, 15) is 0 Å². The van der Waals surface area contributed by atoms with Gasteiger partial charge in [0.05, 0.1) is 0 Å². The molecule has 12 heavy (non-hydrogen) atoms. The summed E-state index contributed by atoms with van der Waals surface area (Å²) in [5.74, 6) is 0. The van der Waals surface area contributed by atoms with E-state index in [1.807, 2.05) is 6.07 Å². The molecule has 0 aliphatic carbocycles. The molecule has 0 bridgehead atoms. The molecule has 0 fully saturated rings. The SMILES string of the molecule is C=C=C(CC)Cc1ccccc1. The lowest BCUT2D eigenvalue weighted by atomic mass is 10.0. The van der Waals surface area contributed by atoms with Gasteiger partial charge in [0.15, 0.2) is 0 Å². The van der Waals surface area contributed by atoms with Gasteiger partial charge >= 0.3 is 0 Å². The van der Waals surface area contributed by atoms with Crippen molar-refractivity contribution < 1.29 is 0 Å². The van der Waals surface area contributed by atoms with Crippen molar-refractivity contribution in [1.29, 1.82) is 0 Å². The zero-order valence-corrected chi connectivity index (χ0v) is 7.51. The van der Waals surface area contributed by atoms with Crippen LogP contribution in [0.25, 0.3) is 0 Å². The molecule has 0 spiro atoms. The standard InChI is InChI=1S/C12H14/c1-3-11(4-2)10-12-8-6-5-7-9-12/h5-9H,1,4,10H2,2H3. The minimum absolute atomic E-state index is 0.987. The van der Waals surface area contributed by atoms with Crippen LogP contribution in [0.1, 0.15) is 18.9 Å². The summed E-state index contributed by atoms with van der Waals surface area (Å²) in [6.07, 6.45) is 2.03. The van der Waals surface area contributed by atoms with Crippen LogP contribution in [-0.4, -0.2) is 0 Å². The van der Waals surface area contributed by atoms with Crippen LogP contribution < -0.4 is 0 Å². The Bertz CT molecular complexity index is 276. The lowest BCUT2D eigenvalue weighted by Gasteiger charge is -2.00. The smallest absolute Gasteiger partial charge is 0.000882 e. The van der Waals surface area contributed by atoms with E-state index in [1.165, 1.54) is 11.1 Å². The van der Waals surface area contributed by atoms with Gasteiger partial charge in [0.25, 0.3) is 0 Å². The Labute approximate surface area is 74.2 Å². The van der Waals surface area contributed by atoms with E-state index in [1.54, 1.807) is 0 Å². The zero-order chi connectivity index (χ0) is 8.81. The highest BCUT2D eigenvalue weighted by Gasteiger charge is 1.94. The lowest BCUT2D eigenvalue weighted by molar-refractivity contribution is 1.01. The fraction of sp³-hybridized carbons (Fsp3) is 0.250.